The summed E-state index contributed by atoms with van der Waals surface area (Å²) in [5.74, 6) is -2.85. The van der Waals surface area contributed by atoms with Gasteiger partial charge in [0, 0.05) is 11.1 Å². The summed E-state index contributed by atoms with van der Waals surface area (Å²) in [6.07, 6.45) is 0.777. The van der Waals surface area contributed by atoms with Crippen LogP contribution in [0.15, 0.2) is 42.5 Å². The number of benzene rings is 2. The Morgan fingerprint density at radius 2 is 1.65 bits per heavy atom. The maximum atomic E-state index is 14.2. The molecule has 0 fully saturated rings. The lowest BCUT2D eigenvalue weighted by molar-refractivity contribution is 0.0479. The average molecular weight is 230 g/mol. The first-order chi connectivity index (χ1) is 8.14. The van der Waals surface area contributed by atoms with Gasteiger partial charge in [0.1, 0.15) is 0 Å². The smallest absolute Gasteiger partial charge is 0.196 e. The Balaban J connectivity index is 2.32. The summed E-state index contributed by atoms with van der Waals surface area (Å²) in [6, 6.07) is 12.1. The quantitative estimate of drug-likeness (QED) is 0.682. The number of fused-ring (bicyclic) bond motifs is 3. The van der Waals surface area contributed by atoms with Crippen LogP contribution in [0.5, 0.6) is 0 Å². The molecule has 2 aromatic carbocycles. The third-order valence-corrected chi connectivity index (χ3v) is 3.39. The molecule has 0 saturated carbocycles. The van der Waals surface area contributed by atoms with Crippen LogP contribution in [0.1, 0.15) is 23.6 Å². The van der Waals surface area contributed by atoms with Crippen LogP contribution in [-0.2, 0) is 12.3 Å². The highest BCUT2D eigenvalue weighted by atomic mass is 19.3. The van der Waals surface area contributed by atoms with Gasteiger partial charge in [0.25, 0.3) is 5.92 Å². The van der Waals surface area contributed by atoms with Crippen LogP contribution in [0.25, 0.3) is 11.1 Å². The van der Waals surface area contributed by atoms with Crippen molar-refractivity contribution in [3.8, 4) is 11.1 Å². The van der Waals surface area contributed by atoms with Gasteiger partial charge in [-0.15, -0.1) is 0 Å². The summed E-state index contributed by atoms with van der Waals surface area (Å²) in [7, 11) is 0. The molecule has 1 aliphatic rings. The van der Waals surface area contributed by atoms with Crippen molar-refractivity contribution in [2.75, 3.05) is 0 Å². The number of hydrogen-bond donors (Lipinski definition) is 0. The van der Waals surface area contributed by atoms with Gasteiger partial charge in [-0.3, -0.25) is 0 Å². The Kier molecular flexibility index (Phi) is 2.09. The van der Waals surface area contributed by atoms with Crippen LogP contribution in [0.2, 0.25) is 0 Å². The highest BCUT2D eigenvalue weighted by Gasteiger charge is 2.43. The third-order valence-electron chi connectivity index (χ3n) is 3.39. The van der Waals surface area contributed by atoms with Crippen molar-refractivity contribution in [3.05, 3.63) is 59.2 Å². The Morgan fingerprint density at radius 1 is 0.941 bits per heavy atom. The highest BCUT2D eigenvalue weighted by Crippen LogP contribution is 2.50. The van der Waals surface area contributed by atoms with Crippen molar-refractivity contribution in [1.29, 1.82) is 0 Å². The van der Waals surface area contributed by atoms with Crippen molar-refractivity contribution in [2.24, 2.45) is 0 Å². The maximum absolute atomic E-state index is 14.2. The SMILES string of the molecule is CCc1ccc2c(c1)C(F)(F)c1ccccc1-2. The van der Waals surface area contributed by atoms with Gasteiger partial charge >= 0.3 is 0 Å². The van der Waals surface area contributed by atoms with Gasteiger partial charge in [-0.25, -0.2) is 0 Å². The second-order valence-corrected chi connectivity index (χ2v) is 4.35. The number of alkyl halides is 2. The maximum Gasteiger partial charge on any atom is 0.299 e. The topological polar surface area (TPSA) is 0 Å². The molecule has 0 spiro atoms. The Hall–Kier alpha value is -1.70. The van der Waals surface area contributed by atoms with E-state index in [1.54, 1.807) is 24.3 Å². The number of aryl methyl sites for hydroxylation is 1. The minimum atomic E-state index is -2.85. The van der Waals surface area contributed by atoms with Crippen LogP contribution in [0.3, 0.4) is 0 Å². The predicted molar refractivity (Wildman–Crippen MR) is 64.3 cm³/mol. The van der Waals surface area contributed by atoms with E-state index in [-0.39, 0.29) is 11.1 Å². The minimum absolute atomic E-state index is 0.128. The number of halogens is 2. The zero-order valence-corrected chi connectivity index (χ0v) is 9.50. The summed E-state index contributed by atoms with van der Waals surface area (Å²) < 4.78 is 28.5. The van der Waals surface area contributed by atoms with Crippen LogP contribution in [-0.4, -0.2) is 0 Å². The fourth-order valence-corrected chi connectivity index (χ4v) is 2.44. The average Bonchev–Trinajstić information content (AvgIpc) is 2.59. The Morgan fingerprint density at radius 3 is 2.41 bits per heavy atom. The summed E-state index contributed by atoms with van der Waals surface area (Å²) >= 11 is 0. The van der Waals surface area contributed by atoms with E-state index in [9.17, 15) is 8.78 Å². The van der Waals surface area contributed by atoms with E-state index < -0.39 is 5.92 Å². The van der Waals surface area contributed by atoms with Crippen molar-refractivity contribution < 1.29 is 8.78 Å². The lowest BCUT2D eigenvalue weighted by atomic mass is 10.0. The molecule has 1 aliphatic carbocycles. The second kappa shape index (κ2) is 3.39. The zero-order valence-electron chi connectivity index (χ0n) is 9.50. The van der Waals surface area contributed by atoms with Crippen molar-refractivity contribution in [1.82, 2.24) is 0 Å². The zero-order chi connectivity index (χ0) is 12.0. The van der Waals surface area contributed by atoms with E-state index in [1.807, 2.05) is 19.1 Å². The van der Waals surface area contributed by atoms with E-state index in [4.69, 9.17) is 0 Å². The summed E-state index contributed by atoms with van der Waals surface area (Å²) in [6.45, 7) is 1.97. The Labute approximate surface area is 98.9 Å². The van der Waals surface area contributed by atoms with E-state index in [0.29, 0.717) is 11.1 Å². The molecule has 3 rings (SSSR count). The minimum Gasteiger partial charge on any atom is -0.196 e. The molecule has 0 amide bonds. The Bertz CT molecular complexity index is 585. The first-order valence-corrected chi connectivity index (χ1v) is 5.75. The molecular weight excluding hydrogens is 218 g/mol. The molecular formula is C15H12F2. The van der Waals surface area contributed by atoms with Gasteiger partial charge in [-0.2, -0.15) is 8.78 Å². The molecule has 0 nitrogen and oxygen atoms in total. The largest absolute Gasteiger partial charge is 0.299 e. The molecule has 2 heteroatoms. The predicted octanol–water partition coefficient (Wildman–Crippen LogP) is 4.37. The molecule has 0 aromatic heterocycles. The van der Waals surface area contributed by atoms with Gasteiger partial charge in [0.15, 0.2) is 0 Å². The molecule has 86 valence electrons. The van der Waals surface area contributed by atoms with Gasteiger partial charge < -0.3 is 0 Å². The molecule has 0 aliphatic heterocycles. The fourth-order valence-electron chi connectivity index (χ4n) is 2.44. The molecule has 0 radical (unpaired) electrons. The van der Waals surface area contributed by atoms with E-state index >= 15 is 0 Å². The normalized spacial score (nSPS) is 15.5. The summed E-state index contributed by atoms with van der Waals surface area (Å²) in [4.78, 5) is 0. The van der Waals surface area contributed by atoms with Crippen LogP contribution < -0.4 is 0 Å². The van der Waals surface area contributed by atoms with Gasteiger partial charge in [-0.1, -0.05) is 43.3 Å². The molecule has 2 aromatic rings. The fraction of sp³-hybridized carbons (Fsp3) is 0.200. The molecule has 0 bridgehead atoms. The van der Waals surface area contributed by atoms with Crippen molar-refractivity contribution in [3.63, 3.8) is 0 Å². The standard InChI is InChI=1S/C15H12F2/c1-2-10-7-8-12-11-5-3-4-6-13(11)15(16,17)14(12)9-10/h3-9H,2H2,1H3. The first-order valence-electron chi connectivity index (χ1n) is 5.75. The lowest BCUT2D eigenvalue weighted by Crippen LogP contribution is -2.11. The lowest BCUT2D eigenvalue weighted by Gasteiger charge is -2.12. The van der Waals surface area contributed by atoms with E-state index in [0.717, 1.165) is 12.0 Å². The van der Waals surface area contributed by atoms with Crippen LogP contribution in [0, 0.1) is 0 Å². The molecule has 17 heavy (non-hydrogen) atoms. The van der Waals surface area contributed by atoms with Crippen LogP contribution in [0.4, 0.5) is 8.78 Å². The number of hydrogen-bond acceptors (Lipinski definition) is 0. The summed E-state index contributed by atoms with van der Waals surface area (Å²) in [5, 5.41) is 0. The monoisotopic (exact) mass is 230 g/mol. The van der Waals surface area contributed by atoms with Gasteiger partial charge in [-0.05, 0) is 29.2 Å². The van der Waals surface area contributed by atoms with Crippen molar-refractivity contribution >= 4 is 0 Å². The molecule has 0 N–H and O–H groups in total. The third kappa shape index (κ3) is 1.33. The molecule has 0 saturated heterocycles. The second-order valence-electron chi connectivity index (χ2n) is 4.35. The number of rotatable bonds is 1. The van der Waals surface area contributed by atoms with E-state index in [2.05, 4.69) is 0 Å². The highest BCUT2D eigenvalue weighted by molar-refractivity contribution is 5.79. The molecule has 0 atom stereocenters. The van der Waals surface area contributed by atoms with Crippen molar-refractivity contribution in [2.45, 2.75) is 19.3 Å². The summed E-state index contributed by atoms with van der Waals surface area (Å²) in [5.41, 5.74) is 2.57. The van der Waals surface area contributed by atoms with Gasteiger partial charge in [0.05, 0.1) is 0 Å². The van der Waals surface area contributed by atoms with Crippen LogP contribution >= 0.6 is 0 Å². The molecule has 0 unspecified atom stereocenters. The van der Waals surface area contributed by atoms with Gasteiger partial charge in [0.2, 0.25) is 0 Å². The molecule has 0 heterocycles. The van der Waals surface area contributed by atoms with E-state index in [1.165, 1.54) is 6.07 Å². The first kappa shape index (κ1) is 10.5.